The second-order valence-electron chi connectivity index (χ2n) is 4.94. The zero-order valence-corrected chi connectivity index (χ0v) is 11.7. The molecule has 0 unspecified atom stereocenters. The van der Waals surface area contributed by atoms with Gasteiger partial charge in [0.25, 0.3) is 0 Å². The van der Waals surface area contributed by atoms with E-state index in [9.17, 15) is 18.0 Å². The molecule has 1 heterocycles. The summed E-state index contributed by atoms with van der Waals surface area (Å²) in [6.07, 6.45) is -2.98. The fourth-order valence-corrected chi connectivity index (χ4v) is 3.60. The second kappa shape index (κ2) is 5.83. The van der Waals surface area contributed by atoms with Crippen molar-refractivity contribution in [2.75, 3.05) is 0 Å². The van der Waals surface area contributed by atoms with Crippen LogP contribution in [0.15, 0.2) is 12.1 Å². The van der Waals surface area contributed by atoms with E-state index in [2.05, 4.69) is 0 Å². The van der Waals surface area contributed by atoms with Crippen molar-refractivity contribution >= 4 is 28.7 Å². The van der Waals surface area contributed by atoms with E-state index in [0.717, 1.165) is 4.88 Å². The third kappa shape index (κ3) is 3.96. The highest BCUT2D eigenvalue weighted by molar-refractivity contribution is 7.16. The molecule has 106 valence electrons. The van der Waals surface area contributed by atoms with Gasteiger partial charge in [-0.2, -0.15) is 13.2 Å². The highest BCUT2D eigenvalue weighted by Gasteiger charge is 2.42. The van der Waals surface area contributed by atoms with Crippen molar-refractivity contribution in [3.05, 3.63) is 21.3 Å². The van der Waals surface area contributed by atoms with Gasteiger partial charge in [0, 0.05) is 17.2 Å². The lowest BCUT2D eigenvalue weighted by atomic mass is 9.79. The molecule has 1 fully saturated rings. The summed E-state index contributed by atoms with van der Waals surface area (Å²) in [6.45, 7) is 0. The van der Waals surface area contributed by atoms with E-state index < -0.39 is 12.1 Å². The maximum atomic E-state index is 12.5. The molecule has 0 bridgehead atoms. The van der Waals surface area contributed by atoms with Gasteiger partial charge in [-0.3, -0.25) is 4.79 Å². The molecule has 1 aliphatic rings. The minimum atomic E-state index is -4.12. The smallest absolute Gasteiger partial charge is 0.299 e. The molecule has 19 heavy (non-hydrogen) atoms. The summed E-state index contributed by atoms with van der Waals surface area (Å²) in [4.78, 5) is 12.9. The first kappa shape index (κ1) is 14.9. The maximum Gasteiger partial charge on any atom is 0.391 e. The van der Waals surface area contributed by atoms with E-state index in [1.165, 1.54) is 11.3 Å². The van der Waals surface area contributed by atoms with E-state index in [1.807, 2.05) is 0 Å². The number of carbonyl (C=O) groups is 1. The SMILES string of the molecule is O=C(Cc1ccc(Cl)s1)C1CCC(C(F)(F)F)CC1. The van der Waals surface area contributed by atoms with Crippen molar-refractivity contribution < 1.29 is 18.0 Å². The average molecular weight is 311 g/mol. The number of alkyl halides is 3. The van der Waals surface area contributed by atoms with Crippen molar-refractivity contribution in [3.8, 4) is 0 Å². The van der Waals surface area contributed by atoms with Crippen LogP contribution in [0.4, 0.5) is 13.2 Å². The van der Waals surface area contributed by atoms with Gasteiger partial charge in [0.05, 0.1) is 10.3 Å². The first-order valence-corrected chi connectivity index (χ1v) is 7.39. The standard InChI is InChI=1S/C13H14ClF3OS/c14-12-6-5-10(19-12)7-11(18)8-1-3-9(4-2-8)13(15,16)17/h5-6,8-9H,1-4,7H2. The molecular weight excluding hydrogens is 297 g/mol. The number of carbonyl (C=O) groups excluding carboxylic acids is 1. The van der Waals surface area contributed by atoms with Gasteiger partial charge in [-0.1, -0.05) is 11.6 Å². The third-order valence-corrected chi connectivity index (χ3v) is 4.85. The number of hydrogen-bond acceptors (Lipinski definition) is 2. The molecule has 0 N–H and O–H groups in total. The number of thiophene rings is 1. The Kier molecular flexibility index (Phi) is 4.56. The first-order valence-electron chi connectivity index (χ1n) is 6.20. The molecule has 0 aliphatic heterocycles. The van der Waals surface area contributed by atoms with Gasteiger partial charge >= 0.3 is 6.18 Å². The zero-order chi connectivity index (χ0) is 14.0. The van der Waals surface area contributed by atoms with E-state index in [0.29, 0.717) is 23.6 Å². The number of hydrogen-bond donors (Lipinski definition) is 0. The molecule has 0 saturated heterocycles. The van der Waals surface area contributed by atoms with Crippen LogP contribution in [0.2, 0.25) is 4.34 Å². The first-order chi connectivity index (χ1) is 8.86. The van der Waals surface area contributed by atoms with Crippen LogP contribution in [0.1, 0.15) is 30.6 Å². The molecule has 1 aliphatic carbocycles. The van der Waals surface area contributed by atoms with E-state index in [4.69, 9.17) is 11.6 Å². The van der Waals surface area contributed by atoms with Gasteiger partial charge in [0.1, 0.15) is 5.78 Å². The summed E-state index contributed by atoms with van der Waals surface area (Å²) in [5, 5.41) is 0. The molecule has 1 aromatic rings. The van der Waals surface area contributed by atoms with Gasteiger partial charge in [-0.15, -0.1) is 11.3 Å². The maximum absolute atomic E-state index is 12.5. The summed E-state index contributed by atoms with van der Waals surface area (Å²) < 4.78 is 38.2. The van der Waals surface area contributed by atoms with Crippen LogP contribution in [-0.4, -0.2) is 12.0 Å². The van der Waals surface area contributed by atoms with E-state index >= 15 is 0 Å². The Morgan fingerprint density at radius 2 is 1.89 bits per heavy atom. The van der Waals surface area contributed by atoms with Crippen LogP contribution in [0, 0.1) is 11.8 Å². The number of rotatable bonds is 3. The fourth-order valence-electron chi connectivity index (χ4n) is 2.51. The molecule has 0 amide bonds. The lowest BCUT2D eigenvalue weighted by Gasteiger charge is -2.28. The Morgan fingerprint density at radius 3 is 2.37 bits per heavy atom. The summed E-state index contributed by atoms with van der Waals surface area (Å²) in [7, 11) is 0. The minimum Gasteiger partial charge on any atom is -0.299 e. The molecule has 0 aromatic carbocycles. The quantitative estimate of drug-likeness (QED) is 0.777. The second-order valence-corrected chi connectivity index (χ2v) is 6.74. The molecule has 2 rings (SSSR count). The summed E-state index contributed by atoms with van der Waals surface area (Å²) in [6, 6.07) is 3.53. The average Bonchev–Trinajstić information content (AvgIpc) is 2.74. The number of ketones is 1. The van der Waals surface area contributed by atoms with E-state index in [-0.39, 0.29) is 24.5 Å². The minimum absolute atomic E-state index is 0.0409. The lowest BCUT2D eigenvalue weighted by Crippen LogP contribution is -2.30. The Hall–Kier alpha value is -0.550. The Morgan fingerprint density at radius 1 is 1.26 bits per heavy atom. The van der Waals surface area contributed by atoms with Crippen LogP contribution >= 0.6 is 22.9 Å². The van der Waals surface area contributed by atoms with Crippen molar-refractivity contribution in [2.24, 2.45) is 11.8 Å². The predicted molar refractivity (Wildman–Crippen MR) is 69.5 cm³/mol. The van der Waals surface area contributed by atoms with Crippen LogP contribution < -0.4 is 0 Å². The normalized spacial score (nSPS) is 24.4. The molecule has 0 atom stereocenters. The predicted octanol–water partition coefficient (Wildman–Crippen LogP) is 4.88. The van der Waals surface area contributed by atoms with Crippen molar-refractivity contribution in [3.63, 3.8) is 0 Å². The van der Waals surface area contributed by atoms with Crippen molar-refractivity contribution in [1.82, 2.24) is 0 Å². The largest absolute Gasteiger partial charge is 0.391 e. The summed E-state index contributed by atoms with van der Waals surface area (Å²) >= 11 is 7.13. The number of Topliss-reactive ketones (excluding diaryl/α,β-unsaturated/α-hetero) is 1. The Bertz CT molecular complexity index is 447. The van der Waals surface area contributed by atoms with E-state index in [1.54, 1.807) is 12.1 Å². The Labute approximate surface area is 118 Å². The molecule has 0 spiro atoms. The molecular formula is C13H14ClF3OS. The van der Waals surface area contributed by atoms with Crippen molar-refractivity contribution in [2.45, 2.75) is 38.3 Å². The monoisotopic (exact) mass is 310 g/mol. The molecule has 1 nitrogen and oxygen atoms in total. The zero-order valence-electron chi connectivity index (χ0n) is 10.2. The van der Waals surface area contributed by atoms with Gasteiger partial charge in [0.2, 0.25) is 0 Å². The summed E-state index contributed by atoms with van der Waals surface area (Å²) in [5.74, 6) is -1.41. The van der Waals surface area contributed by atoms with Crippen LogP contribution in [0.5, 0.6) is 0 Å². The van der Waals surface area contributed by atoms with Crippen LogP contribution in [0.3, 0.4) is 0 Å². The molecule has 1 saturated carbocycles. The van der Waals surface area contributed by atoms with Crippen LogP contribution in [0.25, 0.3) is 0 Å². The van der Waals surface area contributed by atoms with Crippen LogP contribution in [-0.2, 0) is 11.2 Å². The number of halogens is 4. The highest BCUT2D eigenvalue weighted by atomic mass is 35.5. The molecule has 0 radical (unpaired) electrons. The topological polar surface area (TPSA) is 17.1 Å². The highest BCUT2D eigenvalue weighted by Crippen LogP contribution is 2.40. The summed E-state index contributed by atoms with van der Waals surface area (Å²) in [5.41, 5.74) is 0. The lowest BCUT2D eigenvalue weighted by molar-refractivity contribution is -0.184. The Balaban J connectivity index is 1.86. The molecule has 6 heteroatoms. The van der Waals surface area contributed by atoms with Gasteiger partial charge in [0.15, 0.2) is 0 Å². The van der Waals surface area contributed by atoms with Gasteiger partial charge in [-0.05, 0) is 37.8 Å². The fraction of sp³-hybridized carbons (Fsp3) is 0.615. The van der Waals surface area contributed by atoms with Gasteiger partial charge < -0.3 is 0 Å². The van der Waals surface area contributed by atoms with Gasteiger partial charge in [-0.25, -0.2) is 0 Å². The van der Waals surface area contributed by atoms with Crippen molar-refractivity contribution in [1.29, 1.82) is 0 Å². The third-order valence-electron chi connectivity index (χ3n) is 3.62. The molecule has 1 aromatic heterocycles.